The molecule has 1 N–H and O–H groups in total. The molecule has 1 fully saturated rings. The number of carbonyl (C=O) groups is 1. The van der Waals surface area contributed by atoms with Crippen LogP contribution in [-0.2, 0) is 11.2 Å². The molecule has 0 amide bonds. The van der Waals surface area contributed by atoms with Crippen LogP contribution in [0, 0.1) is 5.92 Å². The van der Waals surface area contributed by atoms with Crippen molar-refractivity contribution in [3.05, 3.63) is 15.6 Å². The Morgan fingerprint density at radius 3 is 2.94 bits per heavy atom. The van der Waals surface area contributed by atoms with E-state index in [9.17, 15) is 4.79 Å². The zero-order valence-corrected chi connectivity index (χ0v) is 10.1. The molecule has 3 rings (SSSR count). The summed E-state index contributed by atoms with van der Waals surface area (Å²) < 4.78 is 0. The van der Waals surface area contributed by atoms with Gasteiger partial charge in [-0.25, -0.2) is 4.98 Å². The van der Waals surface area contributed by atoms with Gasteiger partial charge in [0.15, 0.2) is 0 Å². The van der Waals surface area contributed by atoms with E-state index in [0.29, 0.717) is 5.92 Å². The number of carboxylic acid groups (broad SMARTS) is 1. The van der Waals surface area contributed by atoms with Gasteiger partial charge in [0.1, 0.15) is 0 Å². The Morgan fingerprint density at radius 2 is 2.31 bits per heavy atom. The van der Waals surface area contributed by atoms with Crippen LogP contribution in [0.15, 0.2) is 0 Å². The third-order valence-corrected chi connectivity index (χ3v) is 4.96. The molecule has 0 spiro atoms. The van der Waals surface area contributed by atoms with Crippen molar-refractivity contribution < 1.29 is 9.90 Å². The highest BCUT2D eigenvalue weighted by molar-refractivity contribution is 7.11. The number of thiazole rings is 1. The van der Waals surface area contributed by atoms with Crippen molar-refractivity contribution in [2.24, 2.45) is 5.92 Å². The average Bonchev–Trinajstić information content (AvgIpc) is 2.82. The van der Waals surface area contributed by atoms with Crippen molar-refractivity contribution >= 4 is 17.3 Å². The minimum atomic E-state index is -0.707. The molecule has 86 valence electrons. The summed E-state index contributed by atoms with van der Waals surface area (Å²) in [5.74, 6) is 0.311. The van der Waals surface area contributed by atoms with Gasteiger partial charge >= 0.3 is 5.97 Å². The number of aliphatic carboxylic acids is 1. The predicted octanol–water partition coefficient (Wildman–Crippen LogP) is 2.77. The zero-order valence-electron chi connectivity index (χ0n) is 9.27. The van der Waals surface area contributed by atoms with E-state index in [2.05, 4.69) is 11.9 Å². The molecular formula is C12H15NO2S. The maximum Gasteiger partial charge on any atom is 0.312 e. The Kier molecular flexibility index (Phi) is 2.28. The van der Waals surface area contributed by atoms with Crippen LogP contribution in [0.2, 0.25) is 0 Å². The van der Waals surface area contributed by atoms with Crippen molar-refractivity contribution in [3.63, 3.8) is 0 Å². The summed E-state index contributed by atoms with van der Waals surface area (Å²) in [6.07, 6.45) is 4.00. The maximum atomic E-state index is 11.1. The van der Waals surface area contributed by atoms with Crippen LogP contribution in [0.25, 0.3) is 0 Å². The van der Waals surface area contributed by atoms with Crippen molar-refractivity contribution in [3.8, 4) is 0 Å². The molecule has 1 saturated carbocycles. The third kappa shape index (κ3) is 1.56. The zero-order chi connectivity index (χ0) is 11.3. The Morgan fingerprint density at radius 1 is 1.56 bits per heavy atom. The predicted molar refractivity (Wildman–Crippen MR) is 62.0 cm³/mol. The SMILES string of the molecule is CC1CC1c1nc2c(s1)CCCC2C(=O)O. The molecule has 3 atom stereocenters. The van der Waals surface area contributed by atoms with Crippen molar-refractivity contribution in [1.29, 1.82) is 0 Å². The first-order valence-electron chi connectivity index (χ1n) is 5.89. The highest BCUT2D eigenvalue weighted by Gasteiger charge is 2.39. The first kappa shape index (κ1) is 10.3. The second-order valence-corrected chi connectivity index (χ2v) is 6.08. The molecular weight excluding hydrogens is 222 g/mol. The van der Waals surface area contributed by atoms with Gasteiger partial charge in [-0.3, -0.25) is 4.79 Å². The fraction of sp³-hybridized carbons (Fsp3) is 0.667. The van der Waals surface area contributed by atoms with E-state index in [1.165, 1.54) is 16.3 Å². The third-order valence-electron chi connectivity index (χ3n) is 3.70. The number of carboxylic acids is 1. The van der Waals surface area contributed by atoms with Crippen molar-refractivity contribution in [2.45, 2.75) is 44.4 Å². The van der Waals surface area contributed by atoms with Gasteiger partial charge in [0.05, 0.1) is 16.6 Å². The van der Waals surface area contributed by atoms with Crippen LogP contribution in [-0.4, -0.2) is 16.1 Å². The van der Waals surface area contributed by atoms with Gasteiger partial charge < -0.3 is 5.11 Å². The number of fused-ring (bicyclic) bond motifs is 1. The lowest BCUT2D eigenvalue weighted by Gasteiger charge is -2.16. The summed E-state index contributed by atoms with van der Waals surface area (Å²) in [6, 6.07) is 0. The molecule has 0 aliphatic heterocycles. The molecule has 4 heteroatoms. The largest absolute Gasteiger partial charge is 0.481 e. The van der Waals surface area contributed by atoms with E-state index >= 15 is 0 Å². The highest BCUT2D eigenvalue weighted by Crippen LogP contribution is 2.50. The van der Waals surface area contributed by atoms with E-state index in [1.54, 1.807) is 11.3 Å². The lowest BCUT2D eigenvalue weighted by Crippen LogP contribution is -2.17. The van der Waals surface area contributed by atoms with Crippen LogP contribution >= 0.6 is 11.3 Å². The topological polar surface area (TPSA) is 50.2 Å². The fourth-order valence-electron chi connectivity index (χ4n) is 2.50. The van der Waals surface area contributed by atoms with Gasteiger partial charge in [-0.05, 0) is 31.6 Å². The van der Waals surface area contributed by atoms with Crippen LogP contribution in [0.4, 0.5) is 0 Å². The maximum absolute atomic E-state index is 11.1. The van der Waals surface area contributed by atoms with Crippen LogP contribution in [0.1, 0.15) is 53.6 Å². The summed E-state index contributed by atoms with van der Waals surface area (Å²) in [6.45, 7) is 2.24. The van der Waals surface area contributed by atoms with Crippen LogP contribution in [0.3, 0.4) is 0 Å². The Labute approximate surface area is 98.5 Å². The second-order valence-electron chi connectivity index (χ2n) is 4.96. The molecule has 0 aromatic carbocycles. The number of rotatable bonds is 2. The fourth-order valence-corrected chi connectivity index (χ4v) is 3.92. The monoisotopic (exact) mass is 237 g/mol. The number of hydrogen-bond acceptors (Lipinski definition) is 3. The average molecular weight is 237 g/mol. The first-order valence-corrected chi connectivity index (χ1v) is 6.70. The molecule has 0 radical (unpaired) electrons. The number of aryl methyl sites for hydroxylation is 1. The Hall–Kier alpha value is -0.900. The minimum Gasteiger partial charge on any atom is -0.481 e. The molecule has 1 heterocycles. The van der Waals surface area contributed by atoms with Gasteiger partial charge in [0, 0.05) is 10.8 Å². The lowest BCUT2D eigenvalue weighted by molar-refractivity contribution is -0.139. The van der Waals surface area contributed by atoms with Gasteiger partial charge in [-0.1, -0.05) is 6.92 Å². The van der Waals surface area contributed by atoms with Crippen molar-refractivity contribution in [2.75, 3.05) is 0 Å². The summed E-state index contributed by atoms with van der Waals surface area (Å²) in [4.78, 5) is 17.0. The normalized spacial score (nSPS) is 32.2. The number of nitrogens with zero attached hydrogens (tertiary/aromatic N) is 1. The molecule has 0 saturated heterocycles. The standard InChI is InChI=1S/C12H15NO2S/c1-6-5-8(6)11-13-10-7(12(14)15)3-2-4-9(10)16-11/h6-8H,2-5H2,1H3,(H,14,15). The van der Waals surface area contributed by atoms with E-state index in [0.717, 1.165) is 30.9 Å². The van der Waals surface area contributed by atoms with Gasteiger partial charge in [-0.15, -0.1) is 11.3 Å². The second kappa shape index (κ2) is 3.55. The van der Waals surface area contributed by atoms with E-state index < -0.39 is 5.97 Å². The molecule has 2 aliphatic rings. The molecule has 1 aromatic rings. The Bertz CT molecular complexity index is 440. The molecule has 2 aliphatic carbocycles. The van der Waals surface area contributed by atoms with Crippen LogP contribution in [0.5, 0.6) is 0 Å². The summed E-state index contributed by atoms with van der Waals surface area (Å²) in [5.41, 5.74) is 0.873. The number of hydrogen-bond donors (Lipinski definition) is 1. The van der Waals surface area contributed by atoms with Gasteiger partial charge in [-0.2, -0.15) is 0 Å². The van der Waals surface area contributed by atoms with Crippen LogP contribution < -0.4 is 0 Å². The highest BCUT2D eigenvalue weighted by atomic mass is 32.1. The van der Waals surface area contributed by atoms with E-state index in [-0.39, 0.29) is 5.92 Å². The van der Waals surface area contributed by atoms with E-state index in [1.807, 2.05) is 0 Å². The molecule has 1 aromatic heterocycles. The van der Waals surface area contributed by atoms with E-state index in [4.69, 9.17) is 5.11 Å². The molecule has 3 nitrogen and oxygen atoms in total. The molecule has 0 bridgehead atoms. The summed E-state index contributed by atoms with van der Waals surface area (Å²) in [7, 11) is 0. The minimum absolute atomic E-state index is 0.345. The molecule has 3 unspecified atom stereocenters. The lowest BCUT2D eigenvalue weighted by atomic mass is 9.91. The quantitative estimate of drug-likeness (QED) is 0.860. The number of aromatic nitrogens is 1. The first-order chi connectivity index (χ1) is 7.66. The molecule has 16 heavy (non-hydrogen) atoms. The summed E-state index contributed by atoms with van der Waals surface area (Å²) >= 11 is 1.76. The van der Waals surface area contributed by atoms with Gasteiger partial charge in [0.2, 0.25) is 0 Å². The Balaban J connectivity index is 1.95. The van der Waals surface area contributed by atoms with Crippen molar-refractivity contribution in [1.82, 2.24) is 4.98 Å². The summed E-state index contributed by atoms with van der Waals surface area (Å²) in [5, 5.41) is 10.4. The smallest absolute Gasteiger partial charge is 0.312 e. The van der Waals surface area contributed by atoms with Gasteiger partial charge in [0.25, 0.3) is 0 Å².